The largest absolute Gasteiger partial charge is 0.456 e. The zero-order valence-corrected chi connectivity index (χ0v) is 25.6. The Morgan fingerprint density at radius 1 is 0.542 bits per heavy atom. The van der Waals surface area contributed by atoms with E-state index in [2.05, 4.69) is 89.2 Å². The van der Waals surface area contributed by atoms with Gasteiger partial charge in [-0.05, 0) is 47.5 Å². The third kappa shape index (κ3) is 4.16. The minimum atomic E-state index is -0.409. The lowest BCUT2D eigenvalue weighted by atomic mass is 9.94. The van der Waals surface area contributed by atoms with Crippen molar-refractivity contribution in [3.8, 4) is 11.1 Å². The Balaban J connectivity index is 1.18. The van der Waals surface area contributed by atoms with Crippen LogP contribution in [0.1, 0.15) is 22.9 Å². The van der Waals surface area contributed by atoms with Crippen molar-refractivity contribution < 1.29 is 8.83 Å². The number of nitrogens with zero attached hydrogens (tertiary/aromatic N) is 3. The van der Waals surface area contributed by atoms with Gasteiger partial charge in [-0.3, -0.25) is 4.98 Å². The lowest BCUT2D eigenvalue weighted by Crippen LogP contribution is -2.34. The van der Waals surface area contributed by atoms with E-state index in [-0.39, 0.29) is 0 Å². The van der Waals surface area contributed by atoms with E-state index in [1.165, 1.54) is 0 Å². The van der Waals surface area contributed by atoms with E-state index in [0.29, 0.717) is 5.84 Å². The molecule has 1 atom stereocenters. The highest BCUT2D eigenvalue weighted by atomic mass is 16.3. The monoisotopic (exact) mass is 618 g/mol. The first-order chi connectivity index (χ1) is 23.8. The zero-order valence-electron chi connectivity index (χ0n) is 25.6. The quantitative estimate of drug-likeness (QED) is 0.213. The summed E-state index contributed by atoms with van der Waals surface area (Å²) in [6.45, 7) is 0. The molecule has 0 fully saturated rings. The smallest absolute Gasteiger partial charge is 0.159 e. The van der Waals surface area contributed by atoms with E-state index >= 15 is 0 Å². The molecule has 48 heavy (non-hydrogen) atoms. The highest BCUT2D eigenvalue weighted by Crippen LogP contribution is 2.40. The van der Waals surface area contributed by atoms with Gasteiger partial charge < -0.3 is 14.2 Å². The standard InChI is InChI=1S/C42H26N4O2/c1-2-11-25(12-3-1)40-44-41(46-42(45-40)31-18-9-21-36-39(31)30-16-6-7-19-34(30)47-36)29-15-5-4-14-27(29)28-17-8-20-35-38(28)32-24-33-26(13-10-22-43-33)23-37(32)48-35/h1-24,42H,(H,44,45,46). The van der Waals surface area contributed by atoms with Gasteiger partial charge in [0.25, 0.3) is 0 Å². The van der Waals surface area contributed by atoms with Crippen LogP contribution < -0.4 is 5.32 Å². The van der Waals surface area contributed by atoms with Crippen LogP contribution in [0.4, 0.5) is 0 Å². The molecule has 1 unspecified atom stereocenters. The third-order valence-corrected chi connectivity index (χ3v) is 9.20. The summed E-state index contributed by atoms with van der Waals surface area (Å²) in [5, 5.41) is 8.97. The van der Waals surface area contributed by atoms with Gasteiger partial charge in [0.2, 0.25) is 0 Å². The van der Waals surface area contributed by atoms with Gasteiger partial charge in [0.1, 0.15) is 34.3 Å². The number of furan rings is 2. The van der Waals surface area contributed by atoms with E-state index in [9.17, 15) is 0 Å². The van der Waals surface area contributed by atoms with E-state index in [4.69, 9.17) is 18.8 Å². The van der Waals surface area contributed by atoms with E-state index in [1.807, 2.05) is 66.9 Å². The summed E-state index contributed by atoms with van der Waals surface area (Å²) >= 11 is 0. The second-order valence-electron chi connectivity index (χ2n) is 12.0. The van der Waals surface area contributed by atoms with Crippen molar-refractivity contribution in [1.29, 1.82) is 0 Å². The van der Waals surface area contributed by atoms with Crippen LogP contribution in [0.2, 0.25) is 0 Å². The van der Waals surface area contributed by atoms with Crippen molar-refractivity contribution in [3.63, 3.8) is 0 Å². The molecule has 226 valence electrons. The number of para-hydroxylation sites is 1. The van der Waals surface area contributed by atoms with Gasteiger partial charge in [-0.2, -0.15) is 0 Å². The fourth-order valence-electron chi connectivity index (χ4n) is 7.03. The minimum Gasteiger partial charge on any atom is -0.456 e. The highest BCUT2D eigenvalue weighted by Gasteiger charge is 2.26. The molecule has 0 bridgehead atoms. The van der Waals surface area contributed by atoms with Gasteiger partial charge in [-0.15, -0.1) is 0 Å². The van der Waals surface area contributed by atoms with Crippen molar-refractivity contribution in [2.45, 2.75) is 6.17 Å². The molecule has 0 saturated carbocycles. The Hall–Kier alpha value is -6.53. The maximum absolute atomic E-state index is 6.42. The first kappa shape index (κ1) is 26.7. The van der Waals surface area contributed by atoms with Crippen LogP contribution >= 0.6 is 0 Å². The summed E-state index contributed by atoms with van der Waals surface area (Å²) in [7, 11) is 0. The van der Waals surface area contributed by atoms with Crippen LogP contribution in [0, 0.1) is 0 Å². The van der Waals surface area contributed by atoms with Crippen LogP contribution in [0.15, 0.2) is 165 Å². The Labute approximate surface area is 274 Å². The number of nitrogens with one attached hydrogen (secondary N) is 1. The first-order valence-corrected chi connectivity index (χ1v) is 16.0. The lowest BCUT2D eigenvalue weighted by molar-refractivity contribution is 0.662. The van der Waals surface area contributed by atoms with Crippen molar-refractivity contribution >= 4 is 66.5 Å². The average molecular weight is 619 g/mol. The molecule has 1 aliphatic heterocycles. The van der Waals surface area contributed by atoms with Gasteiger partial charge >= 0.3 is 0 Å². The fourth-order valence-corrected chi connectivity index (χ4v) is 7.03. The summed E-state index contributed by atoms with van der Waals surface area (Å²) in [5.41, 5.74) is 9.32. The number of rotatable bonds is 4. The van der Waals surface area contributed by atoms with E-state index in [0.717, 1.165) is 88.4 Å². The van der Waals surface area contributed by atoms with Gasteiger partial charge in [-0.1, -0.05) is 103 Å². The summed E-state index contributed by atoms with van der Waals surface area (Å²) in [6.07, 6.45) is 1.42. The van der Waals surface area contributed by atoms with Crippen LogP contribution in [0.5, 0.6) is 0 Å². The first-order valence-electron chi connectivity index (χ1n) is 16.0. The van der Waals surface area contributed by atoms with Crippen molar-refractivity contribution in [2.24, 2.45) is 9.98 Å². The molecule has 9 aromatic rings. The number of hydrogen-bond donors (Lipinski definition) is 1. The van der Waals surface area contributed by atoms with Crippen molar-refractivity contribution in [3.05, 3.63) is 162 Å². The second-order valence-corrected chi connectivity index (χ2v) is 12.0. The molecule has 6 aromatic carbocycles. The molecule has 1 aliphatic rings. The molecule has 6 heteroatoms. The number of hydrogen-bond acceptors (Lipinski definition) is 6. The maximum atomic E-state index is 6.42. The predicted octanol–water partition coefficient (Wildman–Crippen LogP) is 10.2. The Morgan fingerprint density at radius 3 is 2.19 bits per heavy atom. The van der Waals surface area contributed by atoms with E-state index < -0.39 is 6.17 Å². The predicted molar refractivity (Wildman–Crippen MR) is 194 cm³/mol. The number of aliphatic imine (C=N–C) groups is 2. The normalized spacial score (nSPS) is 14.9. The number of benzene rings is 6. The average Bonchev–Trinajstić information content (AvgIpc) is 3.72. The third-order valence-electron chi connectivity index (χ3n) is 9.20. The van der Waals surface area contributed by atoms with Gasteiger partial charge in [0.15, 0.2) is 5.84 Å². The Morgan fingerprint density at radius 2 is 1.27 bits per heavy atom. The topological polar surface area (TPSA) is 75.9 Å². The Kier molecular flexibility index (Phi) is 5.84. The molecular weight excluding hydrogens is 592 g/mol. The van der Waals surface area contributed by atoms with Crippen molar-refractivity contribution in [1.82, 2.24) is 10.3 Å². The molecule has 0 saturated heterocycles. The van der Waals surface area contributed by atoms with Crippen molar-refractivity contribution in [2.75, 3.05) is 0 Å². The molecule has 10 rings (SSSR count). The summed E-state index contributed by atoms with van der Waals surface area (Å²) < 4.78 is 12.7. The molecule has 1 N–H and O–H groups in total. The molecule has 0 radical (unpaired) electrons. The molecule has 6 nitrogen and oxygen atoms in total. The van der Waals surface area contributed by atoms with Crippen LogP contribution in [-0.2, 0) is 0 Å². The van der Waals surface area contributed by atoms with Crippen LogP contribution in [-0.4, -0.2) is 16.7 Å². The SMILES string of the molecule is c1ccc(C2=NC(c3cccc4oc5ccccc5c34)NC(c3ccccc3-c3cccc4oc5cc6cccnc6cc5c34)=N2)cc1. The number of fused-ring (bicyclic) bond motifs is 7. The Bertz CT molecular complexity index is 2770. The summed E-state index contributed by atoms with van der Waals surface area (Å²) in [5.74, 6) is 1.41. The van der Waals surface area contributed by atoms with Crippen LogP contribution in [0.3, 0.4) is 0 Å². The minimum absolute atomic E-state index is 0.409. The molecule has 0 spiro atoms. The van der Waals surface area contributed by atoms with Gasteiger partial charge in [0, 0.05) is 49.8 Å². The maximum Gasteiger partial charge on any atom is 0.159 e. The number of aromatic nitrogens is 1. The van der Waals surface area contributed by atoms with Gasteiger partial charge in [0.05, 0.1) is 5.52 Å². The molecule has 0 amide bonds. The molecule has 3 aromatic heterocycles. The lowest BCUT2D eigenvalue weighted by Gasteiger charge is -2.25. The summed E-state index contributed by atoms with van der Waals surface area (Å²) in [4.78, 5) is 15.0. The molecule has 4 heterocycles. The zero-order chi connectivity index (χ0) is 31.6. The number of amidine groups is 2. The molecular formula is C42H26N4O2. The van der Waals surface area contributed by atoms with Crippen LogP contribution in [0.25, 0.3) is 65.9 Å². The number of pyridine rings is 1. The van der Waals surface area contributed by atoms with Gasteiger partial charge in [-0.25, -0.2) is 9.98 Å². The highest BCUT2D eigenvalue weighted by molar-refractivity contribution is 6.20. The van der Waals surface area contributed by atoms with E-state index in [1.54, 1.807) is 0 Å². The molecule has 0 aliphatic carbocycles. The summed E-state index contributed by atoms with van der Waals surface area (Å²) in [6, 6.07) is 47.3. The second kappa shape index (κ2) is 10.5. The fraction of sp³-hybridized carbons (Fsp3) is 0.0238.